The maximum atomic E-state index is 12.2. The average Bonchev–Trinajstić information content (AvgIpc) is 2.45. The van der Waals surface area contributed by atoms with Crippen LogP contribution in [-0.4, -0.2) is 57.3 Å². The molecular weight excluding hydrogens is 248 g/mol. The van der Waals surface area contributed by atoms with Gasteiger partial charge in [0.25, 0.3) is 11.8 Å². The van der Waals surface area contributed by atoms with Gasteiger partial charge in [-0.05, 0) is 6.42 Å². The molecule has 0 radical (unpaired) electrons. The van der Waals surface area contributed by atoms with E-state index in [1.807, 2.05) is 0 Å². The predicted molar refractivity (Wildman–Crippen MR) is 70.8 cm³/mol. The van der Waals surface area contributed by atoms with Gasteiger partial charge in [0.2, 0.25) is 0 Å². The molecule has 1 amide bonds. The summed E-state index contributed by atoms with van der Waals surface area (Å²) in [5, 5.41) is 0. The Bertz CT molecular complexity index is 423. The molecule has 0 unspecified atom stereocenters. The lowest BCUT2D eigenvalue weighted by Gasteiger charge is -2.17. The van der Waals surface area contributed by atoms with Crippen LogP contribution in [0, 0.1) is 0 Å². The first-order valence-corrected chi connectivity index (χ1v) is 5.96. The van der Waals surface area contributed by atoms with Crippen molar-refractivity contribution in [2.24, 2.45) is 0 Å². The molecule has 0 aliphatic rings. The van der Waals surface area contributed by atoms with Crippen LogP contribution < -0.4 is 9.47 Å². The lowest BCUT2D eigenvalue weighted by atomic mass is 10.2. The van der Waals surface area contributed by atoms with Gasteiger partial charge in [0.1, 0.15) is 0 Å². The van der Waals surface area contributed by atoms with Crippen LogP contribution in [-0.2, 0) is 4.74 Å². The lowest BCUT2D eigenvalue weighted by molar-refractivity contribution is 0.0778. The van der Waals surface area contributed by atoms with E-state index in [0.29, 0.717) is 30.3 Å². The van der Waals surface area contributed by atoms with E-state index < -0.39 is 0 Å². The van der Waals surface area contributed by atoms with Gasteiger partial charge in [-0.25, -0.2) is 4.98 Å². The van der Waals surface area contributed by atoms with Gasteiger partial charge in [0, 0.05) is 39.6 Å². The van der Waals surface area contributed by atoms with Crippen LogP contribution in [0.4, 0.5) is 0 Å². The van der Waals surface area contributed by atoms with Crippen LogP contribution >= 0.6 is 0 Å². The summed E-state index contributed by atoms with van der Waals surface area (Å²) >= 11 is 0. The Labute approximate surface area is 113 Å². The zero-order chi connectivity index (χ0) is 14.3. The summed E-state index contributed by atoms with van der Waals surface area (Å²) in [6.45, 7) is 1.25. The second kappa shape index (κ2) is 7.58. The quantitative estimate of drug-likeness (QED) is 0.696. The standard InChI is InChI=1S/C13H20N2O4/c1-15(6-5-7-17-2)13(16)10-8-11(18-3)12(19-4)14-9-10/h8-9H,5-7H2,1-4H3. The summed E-state index contributed by atoms with van der Waals surface area (Å²) in [6.07, 6.45) is 2.27. The van der Waals surface area contributed by atoms with Crippen LogP contribution in [0.1, 0.15) is 16.8 Å². The molecule has 0 atom stereocenters. The Balaban J connectivity index is 2.76. The minimum absolute atomic E-state index is 0.107. The highest BCUT2D eigenvalue weighted by atomic mass is 16.5. The summed E-state index contributed by atoms with van der Waals surface area (Å²) in [5.74, 6) is 0.698. The first-order valence-electron chi connectivity index (χ1n) is 5.96. The Morgan fingerprint density at radius 3 is 2.63 bits per heavy atom. The highest BCUT2D eigenvalue weighted by Crippen LogP contribution is 2.24. The van der Waals surface area contributed by atoms with Crippen molar-refractivity contribution >= 4 is 5.91 Å². The molecular formula is C13H20N2O4. The largest absolute Gasteiger partial charge is 0.491 e. The summed E-state index contributed by atoms with van der Waals surface area (Å²) in [4.78, 5) is 17.8. The molecule has 106 valence electrons. The Kier molecular flexibility index (Phi) is 6.08. The van der Waals surface area contributed by atoms with E-state index in [1.54, 1.807) is 25.1 Å². The van der Waals surface area contributed by atoms with Gasteiger partial charge in [-0.3, -0.25) is 4.79 Å². The molecule has 0 N–H and O–H groups in total. The van der Waals surface area contributed by atoms with Gasteiger partial charge in [-0.1, -0.05) is 0 Å². The minimum atomic E-state index is -0.107. The maximum Gasteiger partial charge on any atom is 0.256 e. The third kappa shape index (κ3) is 4.10. The Morgan fingerprint density at radius 1 is 1.32 bits per heavy atom. The van der Waals surface area contributed by atoms with Crippen LogP contribution in [0.25, 0.3) is 0 Å². The molecule has 0 aliphatic carbocycles. The fourth-order valence-electron chi connectivity index (χ4n) is 1.62. The second-order valence-electron chi connectivity index (χ2n) is 4.01. The molecule has 0 aromatic carbocycles. The molecule has 0 fully saturated rings. The van der Waals surface area contributed by atoms with E-state index in [9.17, 15) is 4.79 Å². The second-order valence-corrected chi connectivity index (χ2v) is 4.01. The van der Waals surface area contributed by atoms with Crippen molar-refractivity contribution in [3.8, 4) is 11.6 Å². The monoisotopic (exact) mass is 268 g/mol. The SMILES string of the molecule is COCCCN(C)C(=O)c1cnc(OC)c(OC)c1. The molecule has 0 saturated heterocycles. The van der Waals surface area contributed by atoms with Crippen molar-refractivity contribution in [3.05, 3.63) is 17.8 Å². The van der Waals surface area contributed by atoms with Crippen LogP contribution in [0.15, 0.2) is 12.3 Å². The number of carbonyl (C=O) groups excluding carboxylic acids is 1. The van der Waals surface area contributed by atoms with E-state index in [1.165, 1.54) is 20.4 Å². The molecule has 19 heavy (non-hydrogen) atoms. The zero-order valence-electron chi connectivity index (χ0n) is 11.8. The Hall–Kier alpha value is -1.82. The molecule has 6 nitrogen and oxygen atoms in total. The smallest absolute Gasteiger partial charge is 0.256 e. The van der Waals surface area contributed by atoms with Gasteiger partial charge >= 0.3 is 0 Å². The number of nitrogens with zero attached hydrogens (tertiary/aromatic N) is 2. The number of rotatable bonds is 7. The Morgan fingerprint density at radius 2 is 2.05 bits per heavy atom. The van der Waals surface area contributed by atoms with Gasteiger partial charge in [0.05, 0.1) is 19.8 Å². The highest BCUT2D eigenvalue weighted by Gasteiger charge is 2.15. The van der Waals surface area contributed by atoms with Crippen LogP contribution in [0.3, 0.4) is 0 Å². The van der Waals surface area contributed by atoms with E-state index in [0.717, 1.165) is 6.42 Å². The van der Waals surface area contributed by atoms with E-state index in [4.69, 9.17) is 14.2 Å². The van der Waals surface area contributed by atoms with Gasteiger partial charge in [0.15, 0.2) is 5.75 Å². The van der Waals surface area contributed by atoms with Crippen molar-refractivity contribution in [3.63, 3.8) is 0 Å². The summed E-state index contributed by atoms with van der Waals surface area (Å²) in [7, 11) is 6.40. The van der Waals surface area contributed by atoms with Crippen LogP contribution in [0.2, 0.25) is 0 Å². The van der Waals surface area contributed by atoms with E-state index in [2.05, 4.69) is 4.98 Å². The van der Waals surface area contributed by atoms with Crippen molar-refractivity contribution in [1.82, 2.24) is 9.88 Å². The first kappa shape index (κ1) is 15.2. The van der Waals surface area contributed by atoms with Gasteiger partial charge < -0.3 is 19.1 Å². The zero-order valence-corrected chi connectivity index (χ0v) is 11.8. The number of aromatic nitrogens is 1. The molecule has 0 spiro atoms. The number of pyridine rings is 1. The minimum Gasteiger partial charge on any atom is -0.491 e. The van der Waals surface area contributed by atoms with E-state index >= 15 is 0 Å². The normalized spacial score (nSPS) is 10.1. The van der Waals surface area contributed by atoms with Crippen LogP contribution in [0.5, 0.6) is 11.6 Å². The lowest BCUT2D eigenvalue weighted by Crippen LogP contribution is -2.28. The molecule has 1 heterocycles. The van der Waals surface area contributed by atoms with Crippen molar-refractivity contribution in [2.75, 3.05) is 41.5 Å². The number of hydrogen-bond acceptors (Lipinski definition) is 5. The van der Waals surface area contributed by atoms with Crippen molar-refractivity contribution in [2.45, 2.75) is 6.42 Å². The summed E-state index contributed by atoms with van der Waals surface area (Å²) < 4.78 is 15.1. The molecule has 0 bridgehead atoms. The number of methoxy groups -OCH3 is 3. The number of hydrogen-bond donors (Lipinski definition) is 0. The summed E-state index contributed by atoms with van der Waals surface area (Å²) in [6, 6.07) is 1.63. The van der Waals surface area contributed by atoms with E-state index in [-0.39, 0.29) is 5.91 Å². The molecule has 6 heteroatoms. The fraction of sp³-hybridized carbons (Fsp3) is 0.538. The molecule has 1 rings (SSSR count). The van der Waals surface area contributed by atoms with Gasteiger partial charge in [-0.2, -0.15) is 0 Å². The first-order chi connectivity index (χ1) is 9.13. The number of ether oxygens (including phenoxy) is 3. The topological polar surface area (TPSA) is 60.9 Å². The highest BCUT2D eigenvalue weighted by molar-refractivity contribution is 5.94. The maximum absolute atomic E-state index is 12.2. The summed E-state index contributed by atoms with van der Waals surface area (Å²) in [5.41, 5.74) is 0.470. The average molecular weight is 268 g/mol. The molecule has 0 aliphatic heterocycles. The predicted octanol–water partition coefficient (Wildman–Crippen LogP) is 1.21. The van der Waals surface area contributed by atoms with Crippen molar-refractivity contribution in [1.29, 1.82) is 0 Å². The molecule has 1 aromatic rings. The fourth-order valence-corrected chi connectivity index (χ4v) is 1.62. The number of carbonyl (C=O) groups is 1. The number of amides is 1. The third-order valence-electron chi connectivity index (χ3n) is 2.67. The van der Waals surface area contributed by atoms with Crippen molar-refractivity contribution < 1.29 is 19.0 Å². The molecule has 0 saturated carbocycles. The van der Waals surface area contributed by atoms with Gasteiger partial charge in [-0.15, -0.1) is 0 Å². The molecule has 1 aromatic heterocycles. The third-order valence-corrected chi connectivity index (χ3v) is 2.67.